The maximum absolute atomic E-state index is 14.0. The van der Waals surface area contributed by atoms with E-state index in [-0.39, 0.29) is 0 Å². The summed E-state index contributed by atoms with van der Waals surface area (Å²) in [6.07, 6.45) is -1.18. The monoisotopic (exact) mass is 404 g/mol. The van der Waals surface area contributed by atoms with Crippen LogP contribution >= 0.6 is 0 Å². The van der Waals surface area contributed by atoms with Crippen molar-refractivity contribution >= 4 is 17.8 Å². The van der Waals surface area contributed by atoms with Gasteiger partial charge in [0, 0.05) is 17.0 Å². The van der Waals surface area contributed by atoms with Crippen LogP contribution in [0.1, 0.15) is 13.8 Å². The summed E-state index contributed by atoms with van der Waals surface area (Å²) in [4.78, 5) is 0. The Morgan fingerprint density at radius 1 is 0.481 bits per heavy atom. The Bertz CT molecular complexity index is 787. The summed E-state index contributed by atoms with van der Waals surface area (Å²) in [6, 6.07) is 0. The SMILES string of the molecule is CC(C)OB(c1c(F)c(F)c(F)c(F)c1F)c1c(F)c(F)c(F)c(F)c1F. The van der Waals surface area contributed by atoms with Crippen molar-refractivity contribution in [2.45, 2.75) is 20.0 Å². The molecule has 0 saturated carbocycles. The number of hydrogen-bond donors (Lipinski definition) is 0. The molecule has 2 rings (SSSR count). The third-order valence-corrected chi connectivity index (χ3v) is 3.42. The third kappa shape index (κ3) is 3.37. The van der Waals surface area contributed by atoms with Crippen LogP contribution in [0.2, 0.25) is 0 Å². The van der Waals surface area contributed by atoms with Gasteiger partial charge < -0.3 is 4.65 Å². The van der Waals surface area contributed by atoms with Crippen LogP contribution < -0.4 is 10.9 Å². The zero-order chi connectivity index (χ0) is 20.8. The Hall–Kier alpha value is -2.24. The second-order valence-electron chi connectivity index (χ2n) is 5.53. The van der Waals surface area contributed by atoms with E-state index in [0.717, 1.165) is 13.8 Å². The second kappa shape index (κ2) is 7.41. The summed E-state index contributed by atoms with van der Waals surface area (Å²) in [5, 5.41) is 0. The average Bonchev–Trinajstić information content (AvgIpc) is 2.61. The lowest BCUT2D eigenvalue weighted by Gasteiger charge is -2.21. The summed E-state index contributed by atoms with van der Waals surface area (Å²) in [5.74, 6) is -25.2. The number of hydrogen-bond acceptors (Lipinski definition) is 1. The van der Waals surface area contributed by atoms with E-state index in [1.165, 1.54) is 0 Å². The minimum absolute atomic E-state index is 1.13. The van der Waals surface area contributed by atoms with Gasteiger partial charge in [0.05, 0.1) is 0 Å². The van der Waals surface area contributed by atoms with Crippen LogP contribution in [0.5, 0.6) is 0 Å². The van der Waals surface area contributed by atoms with Gasteiger partial charge in [0.2, 0.25) is 0 Å². The molecule has 12 heteroatoms. The van der Waals surface area contributed by atoms with Gasteiger partial charge in [-0.3, -0.25) is 0 Å². The topological polar surface area (TPSA) is 9.23 Å². The zero-order valence-corrected chi connectivity index (χ0v) is 13.3. The van der Waals surface area contributed by atoms with E-state index >= 15 is 0 Å². The van der Waals surface area contributed by atoms with E-state index in [0.29, 0.717) is 0 Å². The molecule has 0 aliphatic heterocycles. The van der Waals surface area contributed by atoms with E-state index in [1.807, 2.05) is 0 Å². The first-order valence-electron chi connectivity index (χ1n) is 7.09. The van der Waals surface area contributed by atoms with Crippen LogP contribution in [0.25, 0.3) is 0 Å². The van der Waals surface area contributed by atoms with E-state index in [1.54, 1.807) is 0 Å². The van der Waals surface area contributed by atoms with Gasteiger partial charge in [0.25, 0.3) is 0 Å². The Labute approximate surface area is 145 Å². The lowest BCUT2D eigenvalue weighted by molar-refractivity contribution is 0.250. The van der Waals surface area contributed by atoms with Crippen molar-refractivity contribution in [1.82, 2.24) is 0 Å². The van der Waals surface area contributed by atoms with Crippen LogP contribution in [0.4, 0.5) is 43.9 Å². The fraction of sp³-hybridized carbons (Fsp3) is 0.200. The largest absolute Gasteiger partial charge is 0.424 e. The van der Waals surface area contributed by atoms with E-state index in [9.17, 15) is 43.9 Å². The van der Waals surface area contributed by atoms with Crippen LogP contribution in [0.3, 0.4) is 0 Å². The van der Waals surface area contributed by atoms with Gasteiger partial charge >= 0.3 is 6.92 Å². The molecule has 0 N–H and O–H groups in total. The first kappa shape index (κ1) is 21.1. The molecule has 0 saturated heterocycles. The third-order valence-electron chi connectivity index (χ3n) is 3.42. The molecule has 27 heavy (non-hydrogen) atoms. The van der Waals surface area contributed by atoms with Crippen molar-refractivity contribution in [2.75, 3.05) is 0 Å². The predicted molar refractivity (Wildman–Crippen MR) is 73.7 cm³/mol. The number of halogens is 10. The van der Waals surface area contributed by atoms with Crippen molar-refractivity contribution in [3.8, 4) is 0 Å². The first-order valence-corrected chi connectivity index (χ1v) is 7.09. The molecule has 0 fully saturated rings. The molecule has 0 aliphatic carbocycles. The Kier molecular flexibility index (Phi) is 5.78. The van der Waals surface area contributed by atoms with Crippen LogP contribution in [0, 0.1) is 58.2 Å². The van der Waals surface area contributed by atoms with Gasteiger partial charge in [-0.1, -0.05) is 0 Å². The number of rotatable bonds is 4. The van der Waals surface area contributed by atoms with Crippen LogP contribution in [0.15, 0.2) is 0 Å². The molecule has 0 aliphatic rings. The highest BCUT2D eigenvalue weighted by molar-refractivity contribution is 6.80. The van der Waals surface area contributed by atoms with Crippen LogP contribution in [-0.2, 0) is 4.65 Å². The highest BCUT2D eigenvalue weighted by Gasteiger charge is 2.41. The molecule has 1 nitrogen and oxygen atoms in total. The average molecular weight is 404 g/mol. The summed E-state index contributed by atoms with van der Waals surface area (Å²) >= 11 is 0. The molecule has 2 aromatic rings. The molecular weight excluding hydrogens is 397 g/mol. The Morgan fingerprint density at radius 2 is 0.704 bits per heavy atom. The maximum atomic E-state index is 14.0. The van der Waals surface area contributed by atoms with Crippen molar-refractivity contribution < 1.29 is 48.6 Å². The Morgan fingerprint density at radius 3 is 0.926 bits per heavy atom. The lowest BCUT2D eigenvalue weighted by Crippen LogP contribution is -2.53. The predicted octanol–water partition coefficient (Wildman–Crippen LogP) is 3.61. The molecule has 0 atom stereocenters. The molecule has 0 radical (unpaired) electrons. The fourth-order valence-electron chi connectivity index (χ4n) is 2.26. The fourth-order valence-corrected chi connectivity index (χ4v) is 2.26. The molecule has 0 amide bonds. The summed E-state index contributed by atoms with van der Waals surface area (Å²) < 4.78 is 141. The summed E-state index contributed by atoms with van der Waals surface area (Å²) in [6.45, 7) is -0.560. The van der Waals surface area contributed by atoms with E-state index in [2.05, 4.69) is 0 Å². The highest BCUT2D eigenvalue weighted by Crippen LogP contribution is 2.21. The smallest absolute Gasteiger partial charge is 0.374 e. The normalized spacial score (nSPS) is 11.4. The van der Waals surface area contributed by atoms with Crippen molar-refractivity contribution in [1.29, 1.82) is 0 Å². The molecule has 146 valence electrons. The number of benzene rings is 2. The molecule has 0 aromatic heterocycles. The van der Waals surface area contributed by atoms with E-state index < -0.39 is 82.1 Å². The van der Waals surface area contributed by atoms with E-state index in [4.69, 9.17) is 4.65 Å². The highest BCUT2D eigenvalue weighted by atomic mass is 19.2. The van der Waals surface area contributed by atoms with Gasteiger partial charge in [0.1, 0.15) is 0 Å². The van der Waals surface area contributed by atoms with Crippen molar-refractivity contribution in [2.24, 2.45) is 0 Å². The molecule has 2 aromatic carbocycles. The standard InChI is InChI=1S/C15H7BF10O/c1-3(2)27-16(4-6(17)10(21)14(25)11(22)7(4)18)5-8(19)12(23)15(26)13(24)9(5)20/h3H,1-2H3. The lowest BCUT2D eigenvalue weighted by atomic mass is 9.54. The van der Waals surface area contributed by atoms with Gasteiger partial charge in [-0.05, 0) is 13.8 Å². The molecule has 0 unspecified atom stereocenters. The van der Waals surface area contributed by atoms with Gasteiger partial charge in [0.15, 0.2) is 58.2 Å². The van der Waals surface area contributed by atoms with Crippen molar-refractivity contribution in [3.05, 3.63) is 58.2 Å². The first-order chi connectivity index (χ1) is 12.4. The zero-order valence-electron chi connectivity index (χ0n) is 13.3. The maximum Gasteiger partial charge on any atom is 0.374 e. The van der Waals surface area contributed by atoms with Crippen LogP contribution in [-0.4, -0.2) is 13.0 Å². The quantitative estimate of drug-likeness (QED) is 0.328. The summed E-state index contributed by atoms with van der Waals surface area (Å²) in [7, 11) is 0. The second-order valence-corrected chi connectivity index (χ2v) is 5.53. The Balaban J connectivity index is 2.94. The summed E-state index contributed by atoms with van der Waals surface area (Å²) in [5.41, 5.74) is -3.80. The minimum atomic E-state index is -2.82. The molecule has 0 spiro atoms. The molecule has 0 bridgehead atoms. The molecule has 0 heterocycles. The van der Waals surface area contributed by atoms with Crippen molar-refractivity contribution in [3.63, 3.8) is 0 Å². The van der Waals surface area contributed by atoms with Gasteiger partial charge in [-0.15, -0.1) is 0 Å². The minimum Gasteiger partial charge on any atom is -0.424 e. The van der Waals surface area contributed by atoms with Gasteiger partial charge in [-0.25, -0.2) is 43.9 Å². The van der Waals surface area contributed by atoms with Gasteiger partial charge in [-0.2, -0.15) is 0 Å². The molecular formula is C15H7BF10O.